The molecule has 0 aliphatic carbocycles. The first-order valence-corrected chi connectivity index (χ1v) is 6.14. The van der Waals surface area contributed by atoms with Gasteiger partial charge in [-0.25, -0.2) is 0 Å². The second-order valence-corrected chi connectivity index (χ2v) is 4.90. The second kappa shape index (κ2) is 4.63. The fourth-order valence-corrected chi connectivity index (χ4v) is 2.08. The summed E-state index contributed by atoms with van der Waals surface area (Å²) in [6.45, 7) is 3.09. The third kappa shape index (κ3) is 2.80. The molecule has 0 spiro atoms. The molecule has 0 saturated carbocycles. The molecule has 0 saturated heterocycles. The lowest BCUT2D eigenvalue weighted by Gasteiger charge is -2.11. The van der Waals surface area contributed by atoms with E-state index in [2.05, 4.69) is 0 Å². The normalized spacial score (nSPS) is 13.8. The van der Waals surface area contributed by atoms with Gasteiger partial charge in [0.15, 0.2) is 6.04 Å². The van der Waals surface area contributed by atoms with Crippen molar-refractivity contribution in [1.29, 1.82) is 0 Å². The Kier molecular flexibility index (Phi) is 3.66. The maximum atomic E-state index is 11.6. The summed E-state index contributed by atoms with van der Waals surface area (Å²) >= 11 is 0. The van der Waals surface area contributed by atoms with Crippen LogP contribution < -0.4 is 0 Å². The van der Waals surface area contributed by atoms with Gasteiger partial charge in [0.25, 0.3) is 0 Å². The zero-order valence-electron chi connectivity index (χ0n) is 8.99. The van der Waals surface area contributed by atoms with Crippen LogP contribution >= 0.6 is 0 Å². The van der Waals surface area contributed by atoms with Gasteiger partial charge in [-0.05, 0) is 26.0 Å². The molecule has 6 heteroatoms. The summed E-state index contributed by atoms with van der Waals surface area (Å²) in [7, 11) is -4.53. The van der Waals surface area contributed by atoms with E-state index in [1.807, 2.05) is 0 Å². The predicted octanol–water partition coefficient (Wildman–Crippen LogP) is 1.24. The molecule has 0 fully saturated rings. The highest BCUT2D eigenvalue weighted by molar-refractivity contribution is 8.01. The Hall–Kier alpha value is -1.40. The van der Waals surface area contributed by atoms with Crippen molar-refractivity contribution in [2.24, 2.45) is 0 Å². The van der Waals surface area contributed by atoms with Crippen LogP contribution in [-0.2, 0) is 10.1 Å². The number of nitrogens with zero attached hydrogens (tertiary/aromatic N) is 1. The van der Waals surface area contributed by atoms with Crippen LogP contribution in [0.3, 0.4) is 0 Å². The molecule has 0 heterocycles. The van der Waals surface area contributed by atoms with Gasteiger partial charge in [0, 0.05) is 0 Å². The Morgan fingerprint density at radius 2 is 1.81 bits per heavy atom. The van der Waals surface area contributed by atoms with Gasteiger partial charge in [0.2, 0.25) is 0 Å². The summed E-state index contributed by atoms with van der Waals surface area (Å²) in [5.74, 6) is 0. The molecule has 5 nitrogen and oxygen atoms in total. The monoisotopic (exact) mass is 243 g/mol. The molecule has 0 aliphatic heterocycles. The van der Waals surface area contributed by atoms with Crippen LogP contribution in [0.4, 0.5) is 0 Å². The maximum absolute atomic E-state index is 11.6. The fraction of sp³-hybridized carbons (Fsp3) is 0.300. The predicted molar refractivity (Wildman–Crippen MR) is 60.9 cm³/mol. The van der Waals surface area contributed by atoms with Crippen LogP contribution in [0.5, 0.6) is 0 Å². The topological polar surface area (TPSA) is 80.4 Å². The van der Waals surface area contributed by atoms with Crippen LogP contribution in [0.15, 0.2) is 30.3 Å². The first-order valence-electron chi connectivity index (χ1n) is 4.70. The molecule has 88 valence electrons. The minimum absolute atomic E-state index is 0.175. The van der Waals surface area contributed by atoms with Gasteiger partial charge in [-0.2, -0.15) is 13.2 Å². The van der Waals surface area contributed by atoms with Gasteiger partial charge < -0.3 is 5.21 Å². The summed E-state index contributed by atoms with van der Waals surface area (Å²) in [4.78, 5) is 0. The van der Waals surface area contributed by atoms with Gasteiger partial charge in [-0.15, -0.1) is 0 Å². The van der Waals surface area contributed by atoms with Crippen LogP contribution in [0.1, 0.15) is 19.4 Å². The van der Waals surface area contributed by atoms with Crippen molar-refractivity contribution in [3.63, 3.8) is 0 Å². The Labute approximate surface area is 94.4 Å². The van der Waals surface area contributed by atoms with Crippen LogP contribution in [-0.4, -0.2) is 28.8 Å². The van der Waals surface area contributed by atoms with Crippen LogP contribution in [0.25, 0.3) is 0 Å². The zero-order chi connectivity index (χ0) is 12.3. The van der Waals surface area contributed by atoms with Crippen molar-refractivity contribution in [2.45, 2.75) is 19.9 Å². The summed E-state index contributed by atoms with van der Waals surface area (Å²) < 4.78 is 31.6. The van der Waals surface area contributed by atoms with E-state index in [9.17, 15) is 13.6 Å². The van der Waals surface area contributed by atoms with E-state index in [0.29, 0.717) is 0 Å². The Morgan fingerprint density at radius 3 is 2.19 bits per heavy atom. The number of rotatable bonds is 2. The first kappa shape index (κ1) is 12.7. The molecule has 0 unspecified atom stereocenters. The number of benzene rings is 1. The molecule has 0 bridgehead atoms. The van der Waals surface area contributed by atoms with Crippen molar-refractivity contribution >= 4 is 15.2 Å². The highest BCUT2D eigenvalue weighted by Crippen LogP contribution is 2.07. The van der Waals surface area contributed by atoms with Gasteiger partial charge in [0.05, 0.1) is 5.56 Å². The molecule has 1 N–H and O–H groups in total. The molecular formula is C10H13NO4S. The van der Waals surface area contributed by atoms with E-state index in [-0.39, 0.29) is 10.3 Å². The van der Waals surface area contributed by atoms with Crippen molar-refractivity contribution in [1.82, 2.24) is 0 Å². The summed E-state index contributed by atoms with van der Waals surface area (Å²) in [5, 5.41) is 11.0. The average molecular weight is 243 g/mol. The van der Waals surface area contributed by atoms with E-state index in [4.69, 9.17) is 4.55 Å². The van der Waals surface area contributed by atoms with E-state index in [1.165, 1.54) is 12.1 Å². The van der Waals surface area contributed by atoms with Crippen molar-refractivity contribution in [2.75, 3.05) is 0 Å². The SMILES string of the molecule is CC(C)[N+]([O-])=C(c1ccccc1)S(=O)(=O)O. The highest BCUT2D eigenvalue weighted by atomic mass is 32.2. The fourth-order valence-electron chi connectivity index (χ4n) is 1.21. The van der Waals surface area contributed by atoms with Gasteiger partial charge in [-0.1, -0.05) is 18.2 Å². The lowest BCUT2D eigenvalue weighted by Crippen LogP contribution is -2.29. The molecular weight excluding hydrogens is 230 g/mol. The molecule has 16 heavy (non-hydrogen) atoms. The molecule has 0 amide bonds. The molecule has 1 aromatic rings. The third-order valence-electron chi connectivity index (χ3n) is 1.93. The Morgan fingerprint density at radius 1 is 1.31 bits per heavy atom. The Balaban J connectivity index is 3.47. The van der Waals surface area contributed by atoms with Gasteiger partial charge >= 0.3 is 15.2 Å². The quantitative estimate of drug-likeness (QED) is 0.212. The molecule has 0 aliphatic rings. The first-order chi connectivity index (χ1) is 7.34. The molecule has 0 radical (unpaired) electrons. The minimum Gasteiger partial charge on any atom is -0.623 e. The molecule has 1 rings (SSSR count). The molecule has 0 atom stereocenters. The van der Waals surface area contributed by atoms with Crippen molar-refractivity contribution < 1.29 is 17.7 Å². The van der Waals surface area contributed by atoms with E-state index < -0.39 is 21.2 Å². The average Bonchev–Trinajstić information content (AvgIpc) is 2.17. The Bertz CT molecular complexity index is 491. The minimum atomic E-state index is -4.53. The van der Waals surface area contributed by atoms with Gasteiger partial charge in [0.1, 0.15) is 0 Å². The van der Waals surface area contributed by atoms with E-state index >= 15 is 0 Å². The van der Waals surface area contributed by atoms with Crippen LogP contribution in [0.2, 0.25) is 0 Å². The zero-order valence-corrected chi connectivity index (χ0v) is 9.81. The van der Waals surface area contributed by atoms with E-state index in [1.54, 1.807) is 32.0 Å². The number of hydroxylamine groups is 1. The second-order valence-electron chi connectivity index (χ2n) is 3.57. The summed E-state index contributed by atoms with van der Waals surface area (Å²) in [6.07, 6.45) is 0. The summed E-state index contributed by atoms with van der Waals surface area (Å²) in [5.41, 5.74) is 0.175. The largest absolute Gasteiger partial charge is 0.623 e. The number of hydrogen-bond donors (Lipinski definition) is 1. The lowest BCUT2D eigenvalue weighted by molar-refractivity contribution is -0.489. The molecule has 1 aromatic carbocycles. The summed E-state index contributed by atoms with van der Waals surface area (Å²) in [6, 6.07) is 7.21. The third-order valence-corrected chi connectivity index (χ3v) is 2.84. The number of hydrogen-bond acceptors (Lipinski definition) is 3. The van der Waals surface area contributed by atoms with E-state index in [0.717, 1.165) is 0 Å². The molecule has 0 aromatic heterocycles. The van der Waals surface area contributed by atoms with Crippen molar-refractivity contribution in [3.05, 3.63) is 41.1 Å². The van der Waals surface area contributed by atoms with Crippen LogP contribution in [0, 0.1) is 5.21 Å². The van der Waals surface area contributed by atoms with Gasteiger partial charge in [-0.3, -0.25) is 4.55 Å². The maximum Gasteiger partial charge on any atom is 0.356 e. The highest BCUT2D eigenvalue weighted by Gasteiger charge is 2.28. The standard InChI is InChI=1S/C10H13NO4S/c1-8(2)11(12)10(16(13,14)15)9-6-4-3-5-7-9/h3-8H,1-2H3,(H,13,14,15). The lowest BCUT2D eigenvalue weighted by atomic mass is 10.2. The smallest absolute Gasteiger partial charge is 0.356 e. The van der Waals surface area contributed by atoms with Crippen molar-refractivity contribution in [3.8, 4) is 0 Å².